The lowest BCUT2D eigenvalue weighted by molar-refractivity contribution is -0.136. The predicted molar refractivity (Wildman–Crippen MR) is 77.1 cm³/mol. The number of rotatable bonds is 6. The van der Waals surface area contributed by atoms with Crippen LogP contribution in [0.2, 0.25) is 0 Å². The van der Waals surface area contributed by atoms with E-state index in [1.165, 1.54) is 7.11 Å². The van der Waals surface area contributed by atoms with Gasteiger partial charge in [-0.15, -0.1) is 0 Å². The third-order valence-corrected chi connectivity index (χ3v) is 3.88. The fourth-order valence-corrected chi connectivity index (χ4v) is 2.77. The van der Waals surface area contributed by atoms with Gasteiger partial charge in [-0.2, -0.15) is 0 Å². The molecule has 0 amide bonds. The molecular formula is C16H26O4. The molecule has 0 radical (unpaired) electrons. The third-order valence-electron chi connectivity index (χ3n) is 3.88. The van der Waals surface area contributed by atoms with Crippen LogP contribution in [0.3, 0.4) is 0 Å². The number of hydrogen-bond donors (Lipinski definition) is 1. The molecule has 0 aromatic heterocycles. The van der Waals surface area contributed by atoms with Gasteiger partial charge >= 0.3 is 5.97 Å². The van der Waals surface area contributed by atoms with Crippen molar-refractivity contribution in [3.8, 4) is 0 Å². The molecule has 0 fully saturated rings. The molecule has 0 spiro atoms. The van der Waals surface area contributed by atoms with Gasteiger partial charge in [-0.3, -0.25) is 4.79 Å². The summed E-state index contributed by atoms with van der Waals surface area (Å²) < 4.78 is 4.72. The number of ether oxygens (including phenoxy) is 1. The molecule has 4 nitrogen and oxygen atoms in total. The summed E-state index contributed by atoms with van der Waals surface area (Å²) in [5, 5.41) is 9.65. The molecule has 2 atom stereocenters. The minimum Gasteiger partial charge on any atom is -0.466 e. The Morgan fingerprint density at radius 1 is 1.50 bits per heavy atom. The second kappa shape index (κ2) is 7.02. The van der Waals surface area contributed by atoms with Crippen LogP contribution in [0.4, 0.5) is 0 Å². The van der Waals surface area contributed by atoms with Crippen molar-refractivity contribution in [3.63, 3.8) is 0 Å². The SMILES string of the molecule is COC(=O)C1=CC[C@H]([C@@H](C)CC(=O)CC(C)(C)O)CC1. The Hall–Kier alpha value is -1.16. The summed E-state index contributed by atoms with van der Waals surface area (Å²) in [6.45, 7) is 5.38. The van der Waals surface area contributed by atoms with Gasteiger partial charge in [0.05, 0.1) is 12.7 Å². The van der Waals surface area contributed by atoms with Crippen LogP contribution in [-0.4, -0.2) is 29.6 Å². The van der Waals surface area contributed by atoms with Crippen molar-refractivity contribution in [3.05, 3.63) is 11.6 Å². The van der Waals surface area contributed by atoms with Gasteiger partial charge in [-0.25, -0.2) is 4.79 Å². The highest BCUT2D eigenvalue weighted by Gasteiger charge is 2.26. The smallest absolute Gasteiger partial charge is 0.333 e. The summed E-state index contributed by atoms with van der Waals surface area (Å²) in [6, 6.07) is 0. The van der Waals surface area contributed by atoms with Crippen LogP contribution in [0, 0.1) is 11.8 Å². The summed E-state index contributed by atoms with van der Waals surface area (Å²) in [7, 11) is 1.40. The van der Waals surface area contributed by atoms with Crippen molar-refractivity contribution in [2.45, 2.75) is 58.5 Å². The van der Waals surface area contributed by atoms with E-state index in [1.807, 2.05) is 6.08 Å². The van der Waals surface area contributed by atoms with Gasteiger partial charge in [-0.05, 0) is 44.9 Å². The largest absolute Gasteiger partial charge is 0.466 e. The number of carbonyl (C=O) groups is 2. The van der Waals surface area contributed by atoms with Crippen molar-refractivity contribution in [1.29, 1.82) is 0 Å². The molecule has 1 aliphatic rings. The molecule has 20 heavy (non-hydrogen) atoms. The minimum atomic E-state index is -0.929. The third kappa shape index (κ3) is 5.45. The first-order valence-electron chi connectivity index (χ1n) is 7.24. The van der Waals surface area contributed by atoms with E-state index in [9.17, 15) is 14.7 Å². The molecule has 0 bridgehead atoms. The van der Waals surface area contributed by atoms with Gasteiger partial charge in [0.2, 0.25) is 0 Å². The summed E-state index contributed by atoms with van der Waals surface area (Å²) in [4.78, 5) is 23.3. The van der Waals surface area contributed by atoms with Crippen molar-refractivity contribution < 1.29 is 19.4 Å². The Bertz CT molecular complexity index is 390. The van der Waals surface area contributed by atoms with Crippen LogP contribution in [0.5, 0.6) is 0 Å². The molecule has 0 aromatic rings. The summed E-state index contributed by atoms with van der Waals surface area (Å²) >= 11 is 0. The standard InChI is InChI=1S/C16H26O4/c1-11(9-14(17)10-16(2,3)19)12-5-7-13(8-6-12)15(18)20-4/h7,11-12,19H,5-6,8-10H2,1-4H3/t11-,12-/m0/s1. The van der Waals surface area contributed by atoms with E-state index in [-0.39, 0.29) is 24.1 Å². The van der Waals surface area contributed by atoms with Crippen molar-refractivity contribution >= 4 is 11.8 Å². The quantitative estimate of drug-likeness (QED) is 0.761. The van der Waals surface area contributed by atoms with Crippen molar-refractivity contribution in [1.82, 2.24) is 0 Å². The van der Waals surface area contributed by atoms with Crippen LogP contribution < -0.4 is 0 Å². The Balaban J connectivity index is 2.47. The molecule has 0 heterocycles. The average Bonchev–Trinajstić information content (AvgIpc) is 2.35. The number of Topliss-reactive ketones (excluding diaryl/α,β-unsaturated/α-hetero) is 1. The number of carbonyl (C=O) groups excluding carboxylic acids is 2. The highest BCUT2D eigenvalue weighted by molar-refractivity contribution is 5.88. The fraction of sp³-hybridized carbons (Fsp3) is 0.750. The molecule has 0 aromatic carbocycles. The molecule has 0 unspecified atom stereocenters. The lowest BCUT2D eigenvalue weighted by Crippen LogP contribution is -2.26. The molecule has 4 heteroatoms. The summed E-state index contributed by atoms with van der Waals surface area (Å²) in [6.07, 6.45) is 5.10. The van der Waals surface area contributed by atoms with E-state index in [1.54, 1.807) is 13.8 Å². The van der Waals surface area contributed by atoms with Crippen LogP contribution in [-0.2, 0) is 14.3 Å². The first kappa shape index (κ1) is 16.9. The number of hydrogen-bond acceptors (Lipinski definition) is 4. The normalized spacial score (nSPS) is 21.1. The highest BCUT2D eigenvalue weighted by Crippen LogP contribution is 2.32. The van der Waals surface area contributed by atoms with Crippen molar-refractivity contribution in [2.75, 3.05) is 7.11 Å². The van der Waals surface area contributed by atoms with Crippen LogP contribution in [0.1, 0.15) is 52.9 Å². The topological polar surface area (TPSA) is 63.6 Å². The van der Waals surface area contributed by atoms with Gasteiger partial charge in [0.15, 0.2) is 0 Å². The van der Waals surface area contributed by atoms with Gasteiger partial charge < -0.3 is 9.84 Å². The maximum absolute atomic E-state index is 11.9. The zero-order valence-electron chi connectivity index (χ0n) is 12.9. The highest BCUT2D eigenvalue weighted by atomic mass is 16.5. The lowest BCUT2D eigenvalue weighted by atomic mass is 9.78. The van der Waals surface area contributed by atoms with E-state index in [0.29, 0.717) is 12.3 Å². The van der Waals surface area contributed by atoms with E-state index in [0.717, 1.165) is 24.8 Å². The first-order chi connectivity index (χ1) is 9.23. The molecule has 1 aliphatic carbocycles. The molecule has 1 rings (SSSR count). The molecular weight excluding hydrogens is 256 g/mol. The Morgan fingerprint density at radius 3 is 2.60 bits per heavy atom. The molecule has 0 saturated heterocycles. The maximum atomic E-state index is 11.9. The molecule has 0 saturated carbocycles. The monoisotopic (exact) mass is 282 g/mol. The van der Waals surface area contributed by atoms with Crippen molar-refractivity contribution in [2.24, 2.45) is 11.8 Å². The van der Waals surface area contributed by atoms with Crippen LogP contribution in [0.15, 0.2) is 11.6 Å². The number of aliphatic hydroxyl groups is 1. The lowest BCUT2D eigenvalue weighted by Gasteiger charge is -2.27. The molecule has 0 aliphatic heterocycles. The van der Waals surface area contributed by atoms with E-state index in [4.69, 9.17) is 4.74 Å². The zero-order chi connectivity index (χ0) is 15.3. The first-order valence-corrected chi connectivity index (χ1v) is 7.24. The number of ketones is 1. The average molecular weight is 282 g/mol. The molecule has 114 valence electrons. The Labute approximate surface area is 121 Å². The van der Waals surface area contributed by atoms with E-state index in [2.05, 4.69) is 6.92 Å². The maximum Gasteiger partial charge on any atom is 0.333 e. The van der Waals surface area contributed by atoms with Gasteiger partial charge in [-0.1, -0.05) is 13.0 Å². The Morgan fingerprint density at radius 2 is 2.15 bits per heavy atom. The number of allylic oxidation sites excluding steroid dienone is 1. The summed E-state index contributed by atoms with van der Waals surface area (Å²) in [5.74, 6) is 0.566. The van der Waals surface area contributed by atoms with Gasteiger partial charge in [0.1, 0.15) is 5.78 Å². The number of esters is 1. The van der Waals surface area contributed by atoms with Gasteiger partial charge in [0, 0.05) is 18.4 Å². The van der Waals surface area contributed by atoms with E-state index >= 15 is 0 Å². The summed E-state index contributed by atoms with van der Waals surface area (Å²) in [5.41, 5.74) is -0.180. The zero-order valence-corrected chi connectivity index (χ0v) is 12.9. The Kier molecular flexibility index (Phi) is 5.93. The van der Waals surface area contributed by atoms with E-state index < -0.39 is 5.60 Å². The van der Waals surface area contributed by atoms with Crippen LogP contribution in [0.25, 0.3) is 0 Å². The second-order valence-electron chi connectivity index (χ2n) is 6.46. The predicted octanol–water partition coefficient (Wildman–Crippen LogP) is 2.64. The number of methoxy groups -OCH3 is 1. The van der Waals surface area contributed by atoms with Crippen LogP contribution >= 0.6 is 0 Å². The van der Waals surface area contributed by atoms with Gasteiger partial charge in [0.25, 0.3) is 0 Å². The fourth-order valence-electron chi connectivity index (χ4n) is 2.77. The second-order valence-corrected chi connectivity index (χ2v) is 6.46. The minimum absolute atomic E-state index is 0.104. The molecule has 1 N–H and O–H groups in total.